The van der Waals surface area contributed by atoms with Crippen LogP contribution >= 0.6 is 0 Å². The summed E-state index contributed by atoms with van der Waals surface area (Å²) in [6, 6.07) is 31.0. The van der Waals surface area contributed by atoms with E-state index < -0.39 is 21.3 Å². The zero-order chi connectivity index (χ0) is 29.8. The Morgan fingerprint density at radius 2 is 1.16 bits per heavy atom. The number of rotatable bonds is 4. The molecule has 0 bridgehead atoms. The van der Waals surface area contributed by atoms with Gasteiger partial charge in [0, 0.05) is 0 Å². The van der Waals surface area contributed by atoms with Gasteiger partial charge in [0.05, 0.1) is 0 Å². The van der Waals surface area contributed by atoms with Gasteiger partial charge in [0.1, 0.15) is 0 Å². The average molecular weight is 699 g/mol. The molecule has 2 aliphatic carbocycles. The number of hydrogen-bond acceptors (Lipinski definition) is 0. The minimum atomic E-state index is -2.71. The van der Waals surface area contributed by atoms with E-state index in [4.69, 9.17) is 0 Å². The van der Waals surface area contributed by atoms with Crippen LogP contribution in [-0.4, -0.2) is 3.21 Å². The standard InChI is InChI=1S/C21H25.C15H14.C5H5.2ClH.Zr/c1-20(2,3)16-7-9-18-14(12-16)11-15-13-17(21(4,5)6)8-10-19(15)18;1-12-3-7-14(8-4-12)11-15-9-5-13(2)6-10-15;1-2-4-5-3-1;;;/h7-10,12H,11H2,1-6H3;3-10H,1-2H3;1-5H;2*1H;/q;;;;;+2/p-2. The molecule has 0 N–H and O–H groups in total. The molecule has 4 aromatic rings. The fourth-order valence-electron chi connectivity index (χ4n) is 6.68. The molecule has 0 aromatic heterocycles. The quantitative estimate of drug-likeness (QED) is 0.268. The molecule has 226 valence electrons. The summed E-state index contributed by atoms with van der Waals surface area (Å²) in [5.41, 5.74) is 14.6. The molecular weight excluding hydrogens is 655 g/mol. The van der Waals surface area contributed by atoms with Gasteiger partial charge in [-0.05, 0) is 0 Å². The molecule has 0 saturated heterocycles. The number of halogens is 2. The molecule has 0 spiro atoms. The van der Waals surface area contributed by atoms with E-state index in [9.17, 15) is 0 Å². The SMILES string of the molecule is Cc1ccc([C](c2ccc(C)cc2)=[Zr+2]([c]2c(C(C)(C)C)ccc3c2Cc2cc(C(C)(C)C)ccc2-3)[CH]2C=CC=C2)cc1.[Cl-].[Cl-]. The van der Waals surface area contributed by atoms with Crippen molar-refractivity contribution in [3.05, 3.63) is 148 Å². The largest absolute Gasteiger partial charge is 1.00 e. The fourth-order valence-corrected chi connectivity index (χ4v) is 16.0. The van der Waals surface area contributed by atoms with E-state index in [0.717, 1.165) is 6.42 Å². The minimum absolute atomic E-state index is 0. The van der Waals surface area contributed by atoms with Gasteiger partial charge in [-0.2, -0.15) is 0 Å². The Morgan fingerprint density at radius 1 is 0.636 bits per heavy atom. The first-order valence-electron chi connectivity index (χ1n) is 15.5. The summed E-state index contributed by atoms with van der Waals surface area (Å²) in [4.78, 5) is 0. The normalized spacial score (nSPS) is 13.4. The van der Waals surface area contributed by atoms with Gasteiger partial charge in [-0.25, -0.2) is 0 Å². The molecule has 0 aliphatic heterocycles. The smallest absolute Gasteiger partial charge is 1.00 e. The maximum atomic E-state index is 2.50. The number of hydrogen-bond donors (Lipinski definition) is 0. The molecule has 0 fully saturated rings. The molecule has 44 heavy (non-hydrogen) atoms. The van der Waals surface area contributed by atoms with Crippen LogP contribution in [0, 0.1) is 13.8 Å². The zero-order valence-electron chi connectivity index (χ0n) is 27.4. The molecule has 0 saturated carbocycles. The number of aryl methyl sites for hydroxylation is 2. The summed E-state index contributed by atoms with van der Waals surface area (Å²) in [7, 11) is 0. The molecule has 0 nitrogen and oxygen atoms in total. The summed E-state index contributed by atoms with van der Waals surface area (Å²) in [6.07, 6.45) is 10.6. The molecule has 0 radical (unpaired) electrons. The van der Waals surface area contributed by atoms with E-state index in [-0.39, 0.29) is 35.6 Å². The van der Waals surface area contributed by atoms with Crippen LogP contribution < -0.4 is 28.1 Å². The zero-order valence-corrected chi connectivity index (χ0v) is 31.3. The Bertz CT molecular complexity index is 1700. The third kappa shape index (κ3) is 6.63. The Kier molecular flexibility index (Phi) is 10.4. The Labute approximate surface area is 285 Å². The van der Waals surface area contributed by atoms with Gasteiger partial charge >= 0.3 is 263 Å². The maximum absolute atomic E-state index is 2.71. The van der Waals surface area contributed by atoms with E-state index >= 15 is 0 Å². The van der Waals surface area contributed by atoms with Crippen LogP contribution in [0.25, 0.3) is 11.1 Å². The third-order valence-corrected chi connectivity index (χ3v) is 17.1. The van der Waals surface area contributed by atoms with Crippen molar-refractivity contribution in [1.29, 1.82) is 0 Å². The van der Waals surface area contributed by atoms with Crippen molar-refractivity contribution in [1.82, 2.24) is 0 Å². The van der Waals surface area contributed by atoms with Crippen LogP contribution in [0.15, 0.2) is 103 Å². The summed E-state index contributed by atoms with van der Waals surface area (Å²) in [6.45, 7) is 18.6. The second-order valence-electron chi connectivity index (χ2n) is 14.4. The molecule has 3 heteroatoms. The second-order valence-corrected chi connectivity index (χ2v) is 20.5. The van der Waals surface area contributed by atoms with Gasteiger partial charge in [-0.3, -0.25) is 0 Å². The molecule has 0 atom stereocenters. The predicted molar refractivity (Wildman–Crippen MR) is 179 cm³/mol. The van der Waals surface area contributed by atoms with Gasteiger partial charge in [0.2, 0.25) is 0 Å². The Balaban J connectivity index is 0.00000221. The molecule has 0 unspecified atom stereocenters. The maximum Gasteiger partial charge on any atom is -1.00 e. The monoisotopic (exact) mass is 696 g/mol. The molecule has 6 rings (SSSR count). The number of benzene rings is 4. The molecule has 0 amide bonds. The van der Waals surface area contributed by atoms with Gasteiger partial charge in [0.25, 0.3) is 0 Å². The summed E-state index contributed by atoms with van der Waals surface area (Å²) in [5, 5.41) is 0. The van der Waals surface area contributed by atoms with Crippen LogP contribution in [0.5, 0.6) is 0 Å². The first-order chi connectivity index (χ1) is 19.9. The van der Waals surface area contributed by atoms with E-state index in [1.165, 1.54) is 44.5 Å². The van der Waals surface area contributed by atoms with Crippen LogP contribution in [0.3, 0.4) is 0 Å². The second kappa shape index (κ2) is 13.2. The third-order valence-electron chi connectivity index (χ3n) is 9.05. The number of allylic oxidation sites excluding steroid dienone is 4. The van der Waals surface area contributed by atoms with Crippen molar-refractivity contribution in [3.63, 3.8) is 0 Å². The van der Waals surface area contributed by atoms with Crippen molar-refractivity contribution >= 4 is 6.48 Å². The van der Waals surface area contributed by atoms with Crippen molar-refractivity contribution in [2.45, 2.75) is 76.3 Å². The molecule has 4 aromatic carbocycles. The van der Waals surface area contributed by atoms with Crippen LogP contribution in [0.1, 0.15) is 86.1 Å². The topological polar surface area (TPSA) is 0 Å². The van der Waals surface area contributed by atoms with E-state index in [1.54, 1.807) is 17.6 Å². The van der Waals surface area contributed by atoms with E-state index in [2.05, 4.69) is 159 Å². The fraction of sp³-hybridized carbons (Fsp3) is 0.293. The summed E-state index contributed by atoms with van der Waals surface area (Å²) in [5.74, 6) is 0. The first-order valence-corrected chi connectivity index (χ1v) is 19.3. The van der Waals surface area contributed by atoms with Gasteiger partial charge in [0.15, 0.2) is 0 Å². The Morgan fingerprint density at radius 3 is 1.66 bits per heavy atom. The molecule has 2 aliphatic rings. The first kappa shape index (κ1) is 34.6. The minimum Gasteiger partial charge on any atom is -1.00 e. The molecular formula is C41H44Cl2Zr. The van der Waals surface area contributed by atoms with Crippen LogP contribution in [0.2, 0.25) is 3.63 Å². The average Bonchev–Trinajstić information content (AvgIpc) is 3.59. The van der Waals surface area contributed by atoms with Crippen molar-refractivity contribution in [2.75, 3.05) is 0 Å². The van der Waals surface area contributed by atoms with Crippen LogP contribution in [-0.2, 0) is 38.5 Å². The summed E-state index contributed by atoms with van der Waals surface area (Å²) < 4.78 is 3.81. The number of fused-ring (bicyclic) bond motifs is 3. The Hall–Kier alpha value is -2.31. The summed E-state index contributed by atoms with van der Waals surface area (Å²) >= 11 is -2.71. The van der Waals surface area contributed by atoms with Crippen molar-refractivity contribution in [3.8, 4) is 11.1 Å². The van der Waals surface area contributed by atoms with Gasteiger partial charge in [-0.1, -0.05) is 0 Å². The predicted octanol–water partition coefficient (Wildman–Crippen LogP) is 3.90. The van der Waals surface area contributed by atoms with Crippen molar-refractivity contribution in [2.24, 2.45) is 0 Å². The molecule has 0 heterocycles. The van der Waals surface area contributed by atoms with Gasteiger partial charge < -0.3 is 24.8 Å². The van der Waals surface area contributed by atoms with E-state index in [1.807, 2.05) is 0 Å². The van der Waals surface area contributed by atoms with E-state index in [0.29, 0.717) is 3.63 Å². The van der Waals surface area contributed by atoms with Gasteiger partial charge in [-0.15, -0.1) is 0 Å². The van der Waals surface area contributed by atoms with Crippen LogP contribution in [0.4, 0.5) is 0 Å². The van der Waals surface area contributed by atoms with Crippen molar-refractivity contribution < 1.29 is 46.1 Å².